The second-order valence-electron chi connectivity index (χ2n) is 4.04. The number of ether oxygens (including phenoxy) is 1. The molecule has 0 unspecified atom stereocenters. The third kappa shape index (κ3) is 4.11. The average molecular weight is 272 g/mol. The lowest BCUT2D eigenvalue weighted by atomic mass is 10.1. The summed E-state index contributed by atoms with van der Waals surface area (Å²) in [6.45, 7) is 0.372. The zero-order valence-electron chi connectivity index (χ0n) is 10.6. The van der Waals surface area contributed by atoms with E-state index in [-0.39, 0.29) is 11.7 Å². The van der Waals surface area contributed by atoms with Crippen molar-refractivity contribution in [1.82, 2.24) is 4.90 Å². The number of phenols is 1. The van der Waals surface area contributed by atoms with Gasteiger partial charge >= 0.3 is 0 Å². The lowest BCUT2D eigenvalue weighted by molar-refractivity contribution is -0.130. The molecule has 0 heterocycles. The highest BCUT2D eigenvalue weighted by Crippen LogP contribution is 2.24. The normalized spacial score (nSPS) is 10.2. The Hall–Kier alpha value is -1.42. The van der Waals surface area contributed by atoms with Gasteiger partial charge in [0.05, 0.1) is 7.11 Å². The minimum absolute atomic E-state index is 0.0193. The first-order valence-electron chi connectivity index (χ1n) is 5.74. The molecule has 0 saturated carbocycles. The van der Waals surface area contributed by atoms with E-state index in [9.17, 15) is 9.90 Å². The largest absolute Gasteiger partial charge is 0.507 e. The van der Waals surface area contributed by atoms with Crippen LogP contribution in [0.3, 0.4) is 0 Å². The van der Waals surface area contributed by atoms with Crippen LogP contribution in [0.5, 0.6) is 11.5 Å². The van der Waals surface area contributed by atoms with Gasteiger partial charge < -0.3 is 14.7 Å². The topological polar surface area (TPSA) is 49.8 Å². The predicted octanol–water partition coefficient (Wildman–Crippen LogP) is 2.38. The number of phenolic OH excluding ortho intramolecular Hbond substituents is 1. The van der Waals surface area contributed by atoms with Gasteiger partial charge in [-0.1, -0.05) is 0 Å². The van der Waals surface area contributed by atoms with Gasteiger partial charge in [0.15, 0.2) is 0 Å². The standard InChI is InChI=1S/C13H18ClNO3/c1-15(13(17)4-3-7-14)9-10-5-6-11(18-2)8-12(10)16/h5-6,8,16H,3-4,7,9H2,1-2H3. The quantitative estimate of drug-likeness (QED) is 0.808. The summed E-state index contributed by atoms with van der Waals surface area (Å²) in [5.41, 5.74) is 0.692. The Labute approximate surface area is 112 Å². The molecule has 1 aromatic carbocycles. The SMILES string of the molecule is COc1ccc(CN(C)C(=O)CCCCl)c(O)c1. The second-order valence-corrected chi connectivity index (χ2v) is 4.41. The molecule has 0 aliphatic rings. The molecule has 0 atom stereocenters. The first-order valence-corrected chi connectivity index (χ1v) is 6.27. The van der Waals surface area contributed by atoms with Crippen molar-refractivity contribution in [2.45, 2.75) is 19.4 Å². The number of methoxy groups -OCH3 is 1. The number of nitrogens with zero attached hydrogens (tertiary/aromatic N) is 1. The monoisotopic (exact) mass is 271 g/mol. The number of carbonyl (C=O) groups is 1. The van der Waals surface area contributed by atoms with E-state index in [1.807, 2.05) is 0 Å². The molecule has 0 saturated heterocycles. The summed E-state index contributed by atoms with van der Waals surface area (Å²) in [6.07, 6.45) is 1.09. The third-order valence-electron chi connectivity index (χ3n) is 2.65. The van der Waals surface area contributed by atoms with Gasteiger partial charge in [0.25, 0.3) is 0 Å². The molecule has 100 valence electrons. The van der Waals surface area contributed by atoms with Gasteiger partial charge in [0, 0.05) is 37.5 Å². The molecule has 5 heteroatoms. The van der Waals surface area contributed by atoms with E-state index in [0.29, 0.717) is 36.6 Å². The fourth-order valence-corrected chi connectivity index (χ4v) is 1.69. The van der Waals surface area contributed by atoms with Crippen molar-refractivity contribution in [3.8, 4) is 11.5 Å². The van der Waals surface area contributed by atoms with Crippen LogP contribution in [-0.2, 0) is 11.3 Å². The Kier molecular flexibility index (Phi) is 5.78. The van der Waals surface area contributed by atoms with Crippen molar-refractivity contribution in [1.29, 1.82) is 0 Å². The van der Waals surface area contributed by atoms with Crippen LogP contribution in [0.1, 0.15) is 18.4 Å². The summed E-state index contributed by atoms with van der Waals surface area (Å²) in [7, 11) is 3.25. The zero-order chi connectivity index (χ0) is 13.5. The summed E-state index contributed by atoms with van der Waals surface area (Å²) in [6, 6.07) is 5.04. The number of carbonyl (C=O) groups excluding carboxylic acids is 1. The molecule has 0 aromatic heterocycles. The molecule has 1 amide bonds. The van der Waals surface area contributed by atoms with Gasteiger partial charge in [-0.25, -0.2) is 0 Å². The minimum Gasteiger partial charge on any atom is -0.507 e. The van der Waals surface area contributed by atoms with E-state index >= 15 is 0 Å². The van der Waals surface area contributed by atoms with Crippen molar-refractivity contribution in [2.75, 3.05) is 20.0 Å². The van der Waals surface area contributed by atoms with Crippen LogP contribution in [0, 0.1) is 0 Å². The Morgan fingerprint density at radius 3 is 2.78 bits per heavy atom. The smallest absolute Gasteiger partial charge is 0.222 e. The zero-order valence-corrected chi connectivity index (χ0v) is 11.4. The summed E-state index contributed by atoms with van der Waals surface area (Å²) in [5, 5.41) is 9.79. The lowest BCUT2D eigenvalue weighted by Crippen LogP contribution is -2.25. The van der Waals surface area contributed by atoms with E-state index in [1.165, 1.54) is 13.2 Å². The van der Waals surface area contributed by atoms with Crippen LogP contribution in [0.15, 0.2) is 18.2 Å². The van der Waals surface area contributed by atoms with Gasteiger partial charge in [-0.05, 0) is 18.6 Å². The van der Waals surface area contributed by atoms with Gasteiger partial charge in [-0.15, -0.1) is 11.6 Å². The molecule has 1 rings (SSSR count). The Morgan fingerprint density at radius 2 is 2.22 bits per heavy atom. The molecular weight excluding hydrogens is 254 g/mol. The molecule has 0 radical (unpaired) electrons. The van der Waals surface area contributed by atoms with Crippen LogP contribution >= 0.6 is 11.6 Å². The lowest BCUT2D eigenvalue weighted by Gasteiger charge is -2.18. The van der Waals surface area contributed by atoms with Crippen molar-refractivity contribution >= 4 is 17.5 Å². The number of aromatic hydroxyl groups is 1. The average Bonchev–Trinajstić information content (AvgIpc) is 2.38. The summed E-state index contributed by atoms with van der Waals surface area (Å²) < 4.78 is 5.00. The molecule has 0 spiro atoms. The molecular formula is C13H18ClNO3. The van der Waals surface area contributed by atoms with Crippen LogP contribution in [0.25, 0.3) is 0 Å². The highest BCUT2D eigenvalue weighted by molar-refractivity contribution is 6.17. The molecule has 4 nitrogen and oxygen atoms in total. The molecule has 0 aliphatic carbocycles. The van der Waals surface area contributed by atoms with E-state index in [0.717, 1.165) is 0 Å². The Balaban J connectivity index is 2.64. The number of benzene rings is 1. The first-order chi connectivity index (χ1) is 8.58. The van der Waals surface area contributed by atoms with Crippen LogP contribution in [0.2, 0.25) is 0 Å². The summed E-state index contributed by atoms with van der Waals surface area (Å²) >= 11 is 5.54. The van der Waals surface area contributed by atoms with Crippen LogP contribution in [0.4, 0.5) is 0 Å². The van der Waals surface area contributed by atoms with Crippen LogP contribution < -0.4 is 4.74 Å². The van der Waals surface area contributed by atoms with Crippen molar-refractivity contribution in [3.63, 3.8) is 0 Å². The Bertz CT molecular complexity index is 409. The third-order valence-corrected chi connectivity index (χ3v) is 2.92. The van der Waals surface area contributed by atoms with E-state index in [1.54, 1.807) is 24.1 Å². The molecule has 0 bridgehead atoms. The summed E-state index contributed by atoms with van der Waals surface area (Å²) in [5.74, 6) is 1.22. The van der Waals surface area contributed by atoms with Crippen molar-refractivity contribution in [3.05, 3.63) is 23.8 Å². The molecule has 0 fully saturated rings. The Morgan fingerprint density at radius 1 is 1.50 bits per heavy atom. The number of hydrogen-bond acceptors (Lipinski definition) is 3. The maximum absolute atomic E-state index is 11.7. The number of halogens is 1. The fraction of sp³-hybridized carbons (Fsp3) is 0.462. The first kappa shape index (κ1) is 14.6. The van der Waals surface area contributed by atoms with Crippen molar-refractivity contribution < 1.29 is 14.6 Å². The van der Waals surface area contributed by atoms with Gasteiger partial charge in [-0.2, -0.15) is 0 Å². The number of hydrogen-bond donors (Lipinski definition) is 1. The van der Waals surface area contributed by atoms with E-state index < -0.39 is 0 Å². The number of amides is 1. The second kappa shape index (κ2) is 7.11. The van der Waals surface area contributed by atoms with Crippen LogP contribution in [-0.4, -0.2) is 36.0 Å². The van der Waals surface area contributed by atoms with E-state index in [4.69, 9.17) is 16.3 Å². The molecule has 1 aromatic rings. The number of alkyl halides is 1. The molecule has 1 N–H and O–H groups in total. The predicted molar refractivity (Wildman–Crippen MR) is 71.1 cm³/mol. The highest BCUT2D eigenvalue weighted by atomic mass is 35.5. The molecule has 18 heavy (non-hydrogen) atoms. The van der Waals surface area contributed by atoms with E-state index in [2.05, 4.69) is 0 Å². The van der Waals surface area contributed by atoms with Gasteiger partial charge in [0.1, 0.15) is 11.5 Å². The van der Waals surface area contributed by atoms with Gasteiger partial charge in [-0.3, -0.25) is 4.79 Å². The highest BCUT2D eigenvalue weighted by Gasteiger charge is 2.11. The minimum atomic E-state index is 0.0193. The molecule has 0 aliphatic heterocycles. The van der Waals surface area contributed by atoms with Crippen molar-refractivity contribution in [2.24, 2.45) is 0 Å². The maximum Gasteiger partial charge on any atom is 0.222 e. The fourth-order valence-electron chi connectivity index (χ4n) is 1.56. The summed E-state index contributed by atoms with van der Waals surface area (Å²) in [4.78, 5) is 13.3. The van der Waals surface area contributed by atoms with Gasteiger partial charge in [0.2, 0.25) is 5.91 Å². The number of rotatable bonds is 6. The maximum atomic E-state index is 11.7.